The van der Waals surface area contributed by atoms with Gasteiger partial charge in [0.1, 0.15) is 11.9 Å². The van der Waals surface area contributed by atoms with Gasteiger partial charge in [-0.1, -0.05) is 41.9 Å². The second-order valence-electron chi connectivity index (χ2n) is 5.84. The number of ether oxygens (including phenoxy) is 1. The van der Waals surface area contributed by atoms with Crippen molar-refractivity contribution in [1.29, 1.82) is 0 Å². The Bertz CT molecular complexity index is 705. The lowest BCUT2D eigenvalue weighted by molar-refractivity contribution is -0.139. The number of aryl methyl sites for hydroxylation is 1. The summed E-state index contributed by atoms with van der Waals surface area (Å²) >= 11 is 5.91. The van der Waals surface area contributed by atoms with Crippen molar-refractivity contribution in [2.24, 2.45) is 0 Å². The number of rotatable bonds is 4. The molecule has 0 saturated carbocycles. The summed E-state index contributed by atoms with van der Waals surface area (Å²) < 4.78 is 19.4. The summed E-state index contributed by atoms with van der Waals surface area (Å²) in [5.41, 5.74) is 1.58. The number of halogens is 2. The Morgan fingerprint density at radius 2 is 1.96 bits per heavy atom. The Balaban J connectivity index is 1.59. The minimum atomic E-state index is -0.258. The minimum Gasteiger partial charge on any atom is -0.370 e. The molecule has 0 aromatic heterocycles. The Morgan fingerprint density at radius 3 is 2.71 bits per heavy atom. The SMILES string of the molecule is O=C(CCc1ccccc1F)N1CCOC(c2ccc(Cl)cc2)C1. The molecule has 2 aromatic rings. The predicted octanol–water partition coefficient (Wildman–Crippen LogP) is 4.01. The van der Waals surface area contributed by atoms with Gasteiger partial charge in [0.2, 0.25) is 5.91 Å². The van der Waals surface area contributed by atoms with Gasteiger partial charge in [-0.25, -0.2) is 4.39 Å². The van der Waals surface area contributed by atoms with E-state index >= 15 is 0 Å². The smallest absolute Gasteiger partial charge is 0.223 e. The lowest BCUT2D eigenvalue weighted by Gasteiger charge is -2.33. The van der Waals surface area contributed by atoms with Gasteiger partial charge < -0.3 is 9.64 Å². The molecule has 3 rings (SSSR count). The van der Waals surface area contributed by atoms with Crippen LogP contribution in [0.15, 0.2) is 48.5 Å². The van der Waals surface area contributed by atoms with Crippen LogP contribution >= 0.6 is 11.6 Å². The van der Waals surface area contributed by atoms with Crippen LogP contribution in [0.3, 0.4) is 0 Å². The first-order valence-corrected chi connectivity index (χ1v) is 8.39. The quantitative estimate of drug-likeness (QED) is 0.836. The molecule has 3 nitrogen and oxygen atoms in total. The summed E-state index contributed by atoms with van der Waals surface area (Å²) in [6.07, 6.45) is 0.566. The molecule has 1 unspecified atom stereocenters. The number of hydrogen-bond donors (Lipinski definition) is 0. The van der Waals surface area contributed by atoms with Crippen molar-refractivity contribution < 1.29 is 13.9 Å². The Hall–Kier alpha value is -1.91. The van der Waals surface area contributed by atoms with Crippen LogP contribution in [0, 0.1) is 5.82 Å². The number of hydrogen-bond acceptors (Lipinski definition) is 2. The maximum atomic E-state index is 13.6. The van der Waals surface area contributed by atoms with Gasteiger partial charge in [0.05, 0.1) is 13.2 Å². The maximum Gasteiger partial charge on any atom is 0.223 e. The first-order chi connectivity index (χ1) is 11.6. The summed E-state index contributed by atoms with van der Waals surface area (Å²) in [4.78, 5) is 14.2. The summed E-state index contributed by atoms with van der Waals surface area (Å²) in [6.45, 7) is 1.58. The van der Waals surface area contributed by atoms with Gasteiger partial charge in [-0.15, -0.1) is 0 Å². The molecule has 0 aliphatic carbocycles. The van der Waals surface area contributed by atoms with Gasteiger partial charge in [-0.3, -0.25) is 4.79 Å². The van der Waals surface area contributed by atoms with Gasteiger partial charge in [0, 0.05) is 18.0 Å². The number of carbonyl (C=O) groups is 1. The average Bonchev–Trinajstić information content (AvgIpc) is 2.61. The largest absolute Gasteiger partial charge is 0.370 e. The molecule has 1 aliphatic heterocycles. The fourth-order valence-electron chi connectivity index (χ4n) is 2.86. The van der Waals surface area contributed by atoms with E-state index in [1.807, 2.05) is 24.3 Å². The highest BCUT2D eigenvalue weighted by Gasteiger charge is 2.25. The van der Waals surface area contributed by atoms with Gasteiger partial charge in [-0.05, 0) is 35.7 Å². The lowest BCUT2D eigenvalue weighted by Crippen LogP contribution is -2.42. The molecule has 1 fully saturated rings. The van der Waals surface area contributed by atoms with Crippen molar-refractivity contribution >= 4 is 17.5 Å². The molecule has 1 aliphatic rings. The van der Waals surface area contributed by atoms with Crippen molar-refractivity contribution in [2.75, 3.05) is 19.7 Å². The average molecular weight is 348 g/mol. The van der Waals surface area contributed by atoms with Crippen LogP contribution in [-0.2, 0) is 16.0 Å². The number of benzene rings is 2. The molecule has 1 amide bonds. The van der Waals surface area contributed by atoms with E-state index in [1.165, 1.54) is 6.07 Å². The molecule has 1 saturated heterocycles. The highest BCUT2D eigenvalue weighted by molar-refractivity contribution is 6.30. The van der Waals surface area contributed by atoms with Gasteiger partial charge >= 0.3 is 0 Å². The molecule has 5 heteroatoms. The molecule has 0 radical (unpaired) electrons. The highest BCUT2D eigenvalue weighted by atomic mass is 35.5. The third-order valence-electron chi connectivity index (χ3n) is 4.23. The van der Waals surface area contributed by atoms with Gasteiger partial charge in [-0.2, -0.15) is 0 Å². The van der Waals surface area contributed by atoms with Gasteiger partial charge in [0.25, 0.3) is 0 Å². The zero-order chi connectivity index (χ0) is 16.9. The number of carbonyl (C=O) groups excluding carboxylic acids is 1. The number of morpholine rings is 1. The van der Waals surface area contributed by atoms with E-state index in [0.29, 0.717) is 43.1 Å². The van der Waals surface area contributed by atoms with Crippen molar-refractivity contribution in [3.8, 4) is 0 Å². The van der Waals surface area contributed by atoms with Crippen molar-refractivity contribution in [3.63, 3.8) is 0 Å². The van der Waals surface area contributed by atoms with Crippen LogP contribution in [-0.4, -0.2) is 30.5 Å². The fraction of sp³-hybridized carbons (Fsp3) is 0.316. The molecule has 24 heavy (non-hydrogen) atoms. The molecule has 0 bridgehead atoms. The third-order valence-corrected chi connectivity index (χ3v) is 4.48. The third kappa shape index (κ3) is 4.13. The number of nitrogens with zero attached hydrogens (tertiary/aromatic N) is 1. The van der Waals surface area contributed by atoms with E-state index in [2.05, 4.69) is 0 Å². The second-order valence-corrected chi connectivity index (χ2v) is 6.28. The van der Waals surface area contributed by atoms with E-state index in [9.17, 15) is 9.18 Å². The summed E-state index contributed by atoms with van der Waals surface area (Å²) in [6, 6.07) is 14.1. The minimum absolute atomic E-state index is 0.0283. The fourth-order valence-corrected chi connectivity index (χ4v) is 2.98. The second kappa shape index (κ2) is 7.77. The zero-order valence-corrected chi connectivity index (χ0v) is 14.0. The van der Waals surface area contributed by atoms with Crippen molar-refractivity contribution in [1.82, 2.24) is 4.90 Å². The normalized spacial score (nSPS) is 17.8. The molecule has 0 spiro atoms. The predicted molar refractivity (Wildman–Crippen MR) is 91.4 cm³/mol. The Labute approximate surface area is 146 Å². The topological polar surface area (TPSA) is 29.5 Å². The lowest BCUT2D eigenvalue weighted by atomic mass is 10.1. The van der Waals surface area contributed by atoms with E-state index < -0.39 is 0 Å². The molecular weight excluding hydrogens is 329 g/mol. The van der Waals surface area contributed by atoms with E-state index in [1.54, 1.807) is 23.1 Å². The molecule has 2 aromatic carbocycles. The molecule has 126 valence electrons. The monoisotopic (exact) mass is 347 g/mol. The van der Waals surface area contributed by atoms with Crippen LogP contribution in [0.1, 0.15) is 23.7 Å². The first-order valence-electron chi connectivity index (χ1n) is 8.02. The van der Waals surface area contributed by atoms with Crippen LogP contribution in [0.4, 0.5) is 4.39 Å². The van der Waals surface area contributed by atoms with Crippen molar-refractivity contribution in [2.45, 2.75) is 18.9 Å². The number of amides is 1. The standard InChI is InChI=1S/C19H19ClFNO2/c20-16-8-5-15(6-9-16)18-13-22(11-12-24-18)19(23)10-7-14-3-1-2-4-17(14)21/h1-6,8-9,18H,7,10-13H2. The van der Waals surface area contributed by atoms with Crippen LogP contribution in [0.25, 0.3) is 0 Å². The van der Waals surface area contributed by atoms with Gasteiger partial charge in [0.15, 0.2) is 0 Å². The molecule has 0 N–H and O–H groups in total. The summed E-state index contributed by atoms with van der Waals surface area (Å²) in [5.74, 6) is -0.230. The maximum absolute atomic E-state index is 13.6. The Kier molecular flexibility index (Phi) is 5.48. The first kappa shape index (κ1) is 16.9. The van der Waals surface area contributed by atoms with E-state index in [4.69, 9.17) is 16.3 Å². The zero-order valence-electron chi connectivity index (χ0n) is 13.3. The Morgan fingerprint density at radius 1 is 1.21 bits per heavy atom. The molecule has 1 atom stereocenters. The van der Waals surface area contributed by atoms with Crippen LogP contribution < -0.4 is 0 Å². The van der Waals surface area contributed by atoms with Crippen molar-refractivity contribution in [3.05, 3.63) is 70.5 Å². The highest BCUT2D eigenvalue weighted by Crippen LogP contribution is 2.24. The van der Waals surface area contributed by atoms with E-state index in [0.717, 1.165) is 5.56 Å². The molecular formula is C19H19ClFNO2. The van der Waals surface area contributed by atoms with E-state index in [-0.39, 0.29) is 17.8 Å². The molecule has 1 heterocycles. The summed E-state index contributed by atoms with van der Waals surface area (Å²) in [5, 5.41) is 0.673. The van der Waals surface area contributed by atoms with Crippen LogP contribution in [0.5, 0.6) is 0 Å². The summed E-state index contributed by atoms with van der Waals surface area (Å²) in [7, 11) is 0. The van der Waals surface area contributed by atoms with Crippen LogP contribution in [0.2, 0.25) is 5.02 Å².